The van der Waals surface area contributed by atoms with Crippen molar-refractivity contribution in [3.05, 3.63) is 204 Å². The SMILES string of the molecule is Ic1cc(Oc2cccc(-n3c4ccccc4c4ccccc43)c2)cc(N(c2ccc(-c3ccccc3)cc2)c2ccc(-c3ccccc3)cc2)c1. The highest BCUT2D eigenvalue weighted by Gasteiger charge is 2.17. The standard InChI is InChI=1S/C48H33IN2O/c49-38-30-42(33-44(31-38)52-43-17-11-16-41(32-43)51-47-20-9-7-18-45(47)46-19-8-10-21-48(46)51)50(39-26-22-36(23-27-39)34-12-3-1-4-13-34)40-28-24-37(25-29-40)35-14-5-2-6-15-35/h1-33H. The van der Waals surface area contributed by atoms with Gasteiger partial charge in [0, 0.05) is 43.5 Å². The van der Waals surface area contributed by atoms with Gasteiger partial charge in [0.1, 0.15) is 11.5 Å². The van der Waals surface area contributed by atoms with E-state index in [4.69, 9.17) is 4.74 Å². The molecule has 0 saturated heterocycles. The number of hydrogen-bond acceptors (Lipinski definition) is 2. The summed E-state index contributed by atoms with van der Waals surface area (Å²) in [5, 5.41) is 2.47. The van der Waals surface area contributed by atoms with Gasteiger partial charge >= 0.3 is 0 Å². The second-order valence-corrected chi connectivity index (χ2v) is 14.0. The predicted octanol–water partition coefficient (Wildman–Crippen LogP) is 14.0. The third kappa shape index (κ3) is 6.22. The highest BCUT2D eigenvalue weighted by atomic mass is 127. The van der Waals surface area contributed by atoms with Crippen LogP contribution in [0.15, 0.2) is 200 Å². The molecule has 0 unspecified atom stereocenters. The summed E-state index contributed by atoms with van der Waals surface area (Å²) in [7, 11) is 0. The highest BCUT2D eigenvalue weighted by molar-refractivity contribution is 14.1. The number of fused-ring (bicyclic) bond motifs is 3. The van der Waals surface area contributed by atoms with E-state index in [1.807, 2.05) is 6.07 Å². The molecule has 1 heterocycles. The molecule has 0 saturated carbocycles. The summed E-state index contributed by atoms with van der Waals surface area (Å²) in [4.78, 5) is 2.30. The van der Waals surface area contributed by atoms with E-state index >= 15 is 0 Å². The Morgan fingerprint density at radius 1 is 0.385 bits per heavy atom. The molecule has 0 amide bonds. The fourth-order valence-corrected chi connectivity index (χ4v) is 7.70. The first kappa shape index (κ1) is 31.8. The van der Waals surface area contributed by atoms with Gasteiger partial charge in [0.2, 0.25) is 0 Å². The van der Waals surface area contributed by atoms with Gasteiger partial charge in [-0.3, -0.25) is 0 Å². The molecule has 4 heteroatoms. The van der Waals surface area contributed by atoms with E-state index in [2.05, 4.69) is 226 Å². The zero-order chi connectivity index (χ0) is 34.9. The van der Waals surface area contributed by atoms with Crippen LogP contribution in [-0.4, -0.2) is 4.57 Å². The lowest BCUT2D eigenvalue weighted by Crippen LogP contribution is -2.10. The third-order valence-corrected chi connectivity index (χ3v) is 10.1. The van der Waals surface area contributed by atoms with Gasteiger partial charge in [-0.2, -0.15) is 0 Å². The van der Waals surface area contributed by atoms with Crippen molar-refractivity contribution in [1.82, 2.24) is 4.57 Å². The minimum Gasteiger partial charge on any atom is -0.457 e. The van der Waals surface area contributed by atoms with Crippen molar-refractivity contribution in [1.29, 1.82) is 0 Å². The summed E-state index contributed by atoms with van der Waals surface area (Å²) in [6, 6.07) is 70.5. The fraction of sp³-hybridized carbons (Fsp3) is 0. The molecule has 1 aromatic heterocycles. The molecule has 3 nitrogen and oxygen atoms in total. The maximum atomic E-state index is 6.69. The Bertz CT molecular complexity index is 2510. The number of rotatable bonds is 8. The van der Waals surface area contributed by atoms with E-state index in [0.717, 1.165) is 37.8 Å². The van der Waals surface area contributed by atoms with E-state index in [9.17, 15) is 0 Å². The lowest BCUT2D eigenvalue weighted by atomic mass is 10.0. The van der Waals surface area contributed by atoms with Crippen molar-refractivity contribution < 1.29 is 4.74 Å². The van der Waals surface area contributed by atoms with Gasteiger partial charge in [-0.1, -0.05) is 127 Å². The van der Waals surface area contributed by atoms with E-state index < -0.39 is 0 Å². The Morgan fingerprint density at radius 2 is 0.885 bits per heavy atom. The van der Waals surface area contributed by atoms with E-state index in [1.165, 1.54) is 44.1 Å². The summed E-state index contributed by atoms with van der Waals surface area (Å²) in [5.74, 6) is 1.55. The Balaban J connectivity index is 1.10. The van der Waals surface area contributed by atoms with E-state index in [0.29, 0.717) is 0 Å². The molecule has 0 N–H and O–H groups in total. The predicted molar refractivity (Wildman–Crippen MR) is 226 cm³/mol. The van der Waals surface area contributed by atoms with Crippen LogP contribution in [0.5, 0.6) is 11.5 Å². The average molecular weight is 781 g/mol. The maximum absolute atomic E-state index is 6.69. The molecule has 0 aliphatic carbocycles. The van der Waals surface area contributed by atoms with Crippen LogP contribution >= 0.6 is 22.6 Å². The van der Waals surface area contributed by atoms with Crippen molar-refractivity contribution in [3.63, 3.8) is 0 Å². The zero-order valence-electron chi connectivity index (χ0n) is 28.2. The van der Waals surface area contributed by atoms with Crippen LogP contribution in [0.1, 0.15) is 0 Å². The first-order valence-corrected chi connectivity index (χ1v) is 18.4. The maximum Gasteiger partial charge on any atom is 0.130 e. The molecule has 8 aromatic carbocycles. The molecule has 0 spiro atoms. The normalized spacial score (nSPS) is 11.2. The first-order chi connectivity index (χ1) is 25.7. The summed E-state index contributed by atoms with van der Waals surface area (Å²) in [5.41, 5.74) is 11.3. The zero-order valence-corrected chi connectivity index (χ0v) is 30.4. The summed E-state index contributed by atoms with van der Waals surface area (Å²) in [6.45, 7) is 0. The second kappa shape index (κ2) is 13.9. The molecule has 0 atom stereocenters. The van der Waals surface area contributed by atoms with Crippen LogP contribution in [0.4, 0.5) is 17.1 Å². The molecule has 0 aliphatic rings. The molecule has 9 rings (SSSR count). The van der Waals surface area contributed by atoms with Gasteiger partial charge in [0.25, 0.3) is 0 Å². The number of hydrogen-bond donors (Lipinski definition) is 0. The number of ether oxygens (including phenoxy) is 1. The molecule has 52 heavy (non-hydrogen) atoms. The number of halogens is 1. The van der Waals surface area contributed by atoms with Crippen LogP contribution in [0.25, 0.3) is 49.7 Å². The summed E-state index contributed by atoms with van der Waals surface area (Å²) in [6.07, 6.45) is 0. The largest absolute Gasteiger partial charge is 0.457 e. The van der Waals surface area contributed by atoms with Crippen LogP contribution in [0.2, 0.25) is 0 Å². The lowest BCUT2D eigenvalue weighted by molar-refractivity contribution is 0.482. The van der Waals surface area contributed by atoms with E-state index in [-0.39, 0.29) is 0 Å². The van der Waals surface area contributed by atoms with E-state index in [1.54, 1.807) is 0 Å². The monoisotopic (exact) mass is 780 g/mol. The smallest absolute Gasteiger partial charge is 0.130 e. The molecule has 9 aromatic rings. The van der Waals surface area contributed by atoms with Gasteiger partial charge in [-0.25, -0.2) is 0 Å². The Hall–Kier alpha value is -6.11. The van der Waals surface area contributed by atoms with Crippen LogP contribution in [0, 0.1) is 3.57 Å². The minimum absolute atomic E-state index is 0.771. The van der Waals surface area contributed by atoms with Crippen LogP contribution in [-0.2, 0) is 0 Å². The van der Waals surface area contributed by atoms with Crippen molar-refractivity contribution >= 4 is 61.5 Å². The minimum atomic E-state index is 0.771. The average Bonchev–Trinajstić information content (AvgIpc) is 3.54. The number of para-hydroxylation sites is 2. The first-order valence-electron chi connectivity index (χ1n) is 17.4. The summed E-state index contributed by atoms with van der Waals surface area (Å²) >= 11 is 2.40. The highest BCUT2D eigenvalue weighted by Crippen LogP contribution is 2.40. The van der Waals surface area contributed by atoms with Crippen molar-refractivity contribution in [2.75, 3.05) is 4.90 Å². The molecule has 0 radical (unpaired) electrons. The van der Waals surface area contributed by atoms with Crippen LogP contribution < -0.4 is 9.64 Å². The number of nitrogens with zero attached hydrogens (tertiary/aromatic N) is 2. The lowest BCUT2D eigenvalue weighted by Gasteiger charge is -2.26. The van der Waals surface area contributed by atoms with Crippen LogP contribution in [0.3, 0.4) is 0 Å². The van der Waals surface area contributed by atoms with Crippen molar-refractivity contribution in [2.45, 2.75) is 0 Å². The molecule has 248 valence electrons. The third-order valence-electron chi connectivity index (χ3n) is 9.47. The summed E-state index contributed by atoms with van der Waals surface area (Å²) < 4.78 is 10.1. The van der Waals surface area contributed by atoms with Gasteiger partial charge in [0.05, 0.1) is 16.7 Å². The number of benzene rings is 8. The molecular weight excluding hydrogens is 747 g/mol. The quantitative estimate of drug-likeness (QED) is 0.143. The Labute approximate surface area is 317 Å². The van der Waals surface area contributed by atoms with Crippen molar-refractivity contribution in [3.8, 4) is 39.4 Å². The Morgan fingerprint density at radius 3 is 1.44 bits per heavy atom. The van der Waals surface area contributed by atoms with Crippen molar-refractivity contribution in [2.24, 2.45) is 0 Å². The second-order valence-electron chi connectivity index (χ2n) is 12.8. The molecular formula is C48H33IN2O. The molecule has 0 fully saturated rings. The topological polar surface area (TPSA) is 17.4 Å². The molecule has 0 aliphatic heterocycles. The van der Waals surface area contributed by atoms with Gasteiger partial charge in [-0.15, -0.1) is 0 Å². The van der Waals surface area contributed by atoms with Gasteiger partial charge < -0.3 is 14.2 Å². The number of anilines is 3. The number of aromatic nitrogens is 1. The molecule has 0 bridgehead atoms. The Kier molecular flexibility index (Phi) is 8.51. The fourth-order valence-electron chi connectivity index (χ4n) is 7.07. The van der Waals surface area contributed by atoms with Gasteiger partial charge in [0.15, 0.2) is 0 Å². The van der Waals surface area contributed by atoms with Gasteiger partial charge in [-0.05, 0) is 106 Å².